The highest BCUT2D eigenvalue weighted by molar-refractivity contribution is 4.88. The molecule has 0 aromatic carbocycles. The highest BCUT2D eigenvalue weighted by Crippen LogP contribution is 1.90. The third-order valence-electron chi connectivity index (χ3n) is 1.04. The summed E-state index contributed by atoms with van der Waals surface area (Å²) in [7, 11) is 0. The molecule has 1 N–H and O–H groups in total. The second kappa shape index (κ2) is 4.85. The van der Waals surface area contributed by atoms with E-state index in [2.05, 4.69) is 6.92 Å². The standard InChI is InChI=1S/C7H14N/c1-3-5-6-7(8)4-2/h5-8H,3-4H2,1-2H3. The van der Waals surface area contributed by atoms with E-state index in [1.165, 1.54) is 0 Å². The lowest BCUT2D eigenvalue weighted by Crippen LogP contribution is -2.00. The maximum Gasteiger partial charge on any atom is 0.0390 e. The third kappa shape index (κ3) is 3.88. The van der Waals surface area contributed by atoms with Crippen LogP contribution in [0.4, 0.5) is 0 Å². The van der Waals surface area contributed by atoms with Gasteiger partial charge in [0.05, 0.1) is 0 Å². The molecule has 0 saturated carbocycles. The Morgan fingerprint density at radius 2 is 2.12 bits per heavy atom. The van der Waals surface area contributed by atoms with E-state index in [0.29, 0.717) is 0 Å². The summed E-state index contributed by atoms with van der Waals surface area (Å²) < 4.78 is 0. The van der Waals surface area contributed by atoms with Gasteiger partial charge in [-0.25, -0.2) is 0 Å². The van der Waals surface area contributed by atoms with Crippen LogP contribution in [0.2, 0.25) is 0 Å². The van der Waals surface area contributed by atoms with Crippen LogP contribution < -0.4 is 5.73 Å². The van der Waals surface area contributed by atoms with Crippen molar-refractivity contribution in [2.24, 2.45) is 0 Å². The van der Waals surface area contributed by atoms with Gasteiger partial charge in [-0.15, -0.1) is 0 Å². The molecule has 0 spiro atoms. The van der Waals surface area contributed by atoms with Crippen LogP contribution in [0.1, 0.15) is 26.7 Å². The van der Waals surface area contributed by atoms with Gasteiger partial charge in [0, 0.05) is 6.04 Å². The topological polar surface area (TPSA) is 23.8 Å². The van der Waals surface area contributed by atoms with Crippen molar-refractivity contribution in [2.75, 3.05) is 0 Å². The first-order chi connectivity index (χ1) is 3.81. The molecule has 0 heterocycles. The molecular weight excluding hydrogens is 98.1 g/mol. The summed E-state index contributed by atoms with van der Waals surface area (Å²) in [6, 6.07) is 0.0231. The summed E-state index contributed by atoms with van der Waals surface area (Å²) >= 11 is 0. The van der Waals surface area contributed by atoms with Crippen LogP contribution in [0.5, 0.6) is 0 Å². The van der Waals surface area contributed by atoms with Gasteiger partial charge in [-0.1, -0.05) is 26.0 Å². The van der Waals surface area contributed by atoms with Crippen molar-refractivity contribution in [1.29, 1.82) is 0 Å². The van der Waals surface area contributed by atoms with Crippen molar-refractivity contribution >= 4 is 0 Å². The first-order valence-electron chi connectivity index (χ1n) is 3.19. The fourth-order valence-electron chi connectivity index (χ4n) is 0.436. The summed E-state index contributed by atoms with van der Waals surface area (Å²) in [5.41, 5.74) is 7.24. The minimum Gasteiger partial charge on any atom is -0.250 e. The first kappa shape index (κ1) is 7.70. The summed E-state index contributed by atoms with van der Waals surface area (Å²) in [6.45, 7) is 4.11. The van der Waals surface area contributed by atoms with Crippen molar-refractivity contribution in [3.63, 3.8) is 0 Å². The zero-order valence-corrected chi connectivity index (χ0v) is 5.65. The highest BCUT2D eigenvalue weighted by Gasteiger charge is 1.88. The van der Waals surface area contributed by atoms with Crippen molar-refractivity contribution in [3.8, 4) is 0 Å². The first-order valence-corrected chi connectivity index (χ1v) is 3.19. The molecule has 0 aliphatic heterocycles. The molecule has 0 aliphatic rings. The maximum absolute atomic E-state index is 7.24. The van der Waals surface area contributed by atoms with E-state index in [0.717, 1.165) is 12.8 Å². The van der Waals surface area contributed by atoms with Gasteiger partial charge in [0.25, 0.3) is 0 Å². The lowest BCUT2D eigenvalue weighted by Gasteiger charge is -1.95. The number of hydrogen-bond acceptors (Lipinski definition) is 0. The number of nitrogens with one attached hydrogen (secondary N) is 1. The van der Waals surface area contributed by atoms with Gasteiger partial charge in [0.15, 0.2) is 0 Å². The van der Waals surface area contributed by atoms with Crippen molar-refractivity contribution in [2.45, 2.75) is 32.7 Å². The van der Waals surface area contributed by atoms with Crippen molar-refractivity contribution in [1.82, 2.24) is 5.73 Å². The second-order valence-corrected chi connectivity index (χ2v) is 1.85. The average molecular weight is 112 g/mol. The van der Waals surface area contributed by atoms with Crippen molar-refractivity contribution < 1.29 is 0 Å². The van der Waals surface area contributed by atoms with Crippen LogP contribution in [0.25, 0.3) is 0 Å². The molecule has 0 rings (SSSR count). The van der Waals surface area contributed by atoms with E-state index in [-0.39, 0.29) is 6.04 Å². The normalized spacial score (nSPS) is 14.9. The van der Waals surface area contributed by atoms with E-state index in [1.54, 1.807) is 0 Å². The smallest absolute Gasteiger partial charge is 0.0390 e. The molecule has 1 radical (unpaired) electrons. The highest BCUT2D eigenvalue weighted by atomic mass is 14.6. The minimum absolute atomic E-state index is 0.0231. The van der Waals surface area contributed by atoms with E-state index in [9.17, 15) is 0 Å². The molecule has 8 heavy (non-hydrogen) atoms. The molecule has 0 fully saturated rings. The Bertz CT molecular complexity index is 66.8. The fraction of sp³-hybridized carbons (Fsp3) is 0.714. The van der Waals surface area contributed by atoms with Gasteiger partial charge < -0.3 is 0 Å². The molecule has 1 unspecified atom stereocenters. The molecule has 0 bridgehead atoms. The lowest BCUT2D eigenvalue weighted by atomic mass is 10.2. The van der Waals surface area contributed by atoms with Gasteiger partial charge in [-0.2, -0.15) is 0 Å². The Hall–Kier alpha value is -0.300. The molecule has 1 atom stereocenters. The molecular formula is C7H14N. The predicted octanol–water partition coefficient (Wildman–Crippen LogP) is 2.01. The predicted molar refractivity (Wildman–Crippen MR) is 36.6 cm³/mol. The molecule has 1 nitrogen and oxygen atoms in total. The number of rotatable bonds is 3. The Kier molecular flexibility index (Phi) is 4.67. The van der Waals surface area contributed by atoms with E-state index in [4.69, 9.17) is 5.73 Å². The van der Waals surface area contributed by atoms with Gasteiger partial charge in [0.2, 0.25) is 0 Å². The molecule has 0 saturated heterocycles. The van der Waals surface area contributed by atoms with Crippen LogP contribution >= 0.6 is 0 Å². The average Bonchev–Trinajstić information content (AvgIpc) is 1.83. The number of hydrogen-bond donors (Lipinski definition) is 0. The molecule has 0 amide bonds. The lowest BCUT2D eigenvalue weighted by molar-refractivity contribution is 0.756. The Morgan fingerprint density at radius 1 is 1.50 bits per heavy atom. The molecule has 0 aromatic heterocycles. The summed E-state index contributed by atoms with van der Waals surface area (Å²) in [4.78, 5) is 0. The van der Waals surface area contributed by atoms with Gasteiger partial charge in [-0.3, -0.25) is 5.73 Å². The van der Waals surface area contributed by atoms with E-state index in [1.807, 2.05) is 19.1 Å². The zero-order chi connectivity index (χ0) is 6.41. The fourth-order valence-corrected chi connectivity index (χ4v) is 0.436. The zero-order valence-electron chi connectivity index (χ0n) is 5.65. The van der Waals surface area contributed by atoms with E-state index < -0.39 is 0 Å². The van der Waals surface area contributed by atoms with Crippen LogP contribution in [0.15, 0.2) is 12.2 Å². The van der Waals surface area contributed by atoms with Crippen LogP contribution in [0, 0.1) is 0 Å². The summed E-state index contributed by atoms with van der Waals surface area (Å²) in [5, 5.41) is 0. The molecule has 0 aliphatic carbocycles. The minimum atomic E-state index is 0.0231. The quantitative estimate of drug-likeness (QED) is 0.499. The van der Waals surface area contributed by atoms with Crippen molar-refractivity contribution in [3.05, 3.63) is 12.2 Å². The second-order valence-electron chi connectivity index (χ2n) is 1.85. The Balaban J connectivity index is 3.21. The summed E-state index contributed by atoms with van der Waals surface area (Å²) in [5.74, 6) is 0. The van der Waals surface area contributed by atoms with Crippen LogP contribution in [-0.4, -0.2) is 6.04 Å². The SMILES string of the molecule is CCC=CC([NH])CC. The van der Waals surface area contributed by atoms with Gasteiger partial charge in [-0.05, 0) is 12.8 Å². The van der Waals surface area contributed by atoms with Crippen LogP contribution in [-0.2, 0) is 0 Å². The maximum atomic E-state index is 7.24. The molecule has 0 aromatic rings. The largest absolute Gasteiger partial charge is 0.250 e. The Labute approximate surface area is 51.6 Å². The number of allylic oxidation sites excluding steroid dienone is 1. The van der Waals surface area contributed by atoms with Gasteiger partial charge >= 0.3 is 0 Å². The van der Waals surface area contributed by atoms with E-state index >= 15 is 0 Å². The van der Waals surface area contributed by atoms with Gasteiger partial charge in [0.1, 0.15) is 0 Å². The summed E-state index contributed by atoms with van der Waals surface area (Å²) in [6.07, 6.45) is 5.97. The molecule has 47 valence electrons. The monoisotopic (exact) mass is 112 g/mol. The molecule has 1 heteroatoms. The Morgan fingerprint density at radius 3 is 2.50 bits per heavy atom. The van der Waals surface area contributed by atoms with Crippen LogP contribution in [0.3, 0.4) is 0 Å². The third-order valence-corrected chi connectivity index (χ3v) is 1.04.